The number of halogens is 2. The molecule has 1 amide bonds. The third kappa shape index (κ3) is 4.31. The van der Waals surface area contributed by atoms with Crippen molar-refractivity contribution >= 4 is 29.2 Å². The van der Waals surface area contributed by atoms with Crippen molar-refractivity contribution in [2.75, 3.05) is 5.32 Å². The van der Waals surface area contributed by atoms with Gasteiger partial charge in [-0.3, -0.25) is 4.79 Å². The minimum atomic E-state index is -1.09. The molecule has 0 saturated heterocycles. The molecule has 7 heteroatoms. The maximum atomic E-state index is 13.0. The molecule has 0 aliphatic carbocycles. The number of carbonyl (C=O) groups excluding carboxylic acids is 2. The van der Waals surface area contributed by atoms with Crippen molar-refractivity contribution in [1.82, 2.24) is 0 Å². The van der Waals surface area contributed by atoms with E-state index < -0.39 is 23.8 Å². The smallest absolute Gasteiger partial charge is 0.338 e. The summed E-state index contributed by atoms with van der Waals surface area (Å²) < 4.78 is 18.0. The van der Waals surface area contributed by atoms with Gasteiger partial charge >= 0.3 is 5.97 Å². The first-order valence-electron chi connectivity index (χ1n) is 6.88. The van der Waals surface area contributed by atoms with Crippen LogP contribution < -0.4 is 5.32 Å². The summed E-state index contributed by atoms with van der Waals surface area (Å²) in [6.45, 7) is 1.40. The Hall–Kier alpha value is -2.91. The molecule has 122 valence electrons. The summed E-state index contributed by atoms with van der Waals surface area (Å²) in [7, 11) is 0. The molecule has 2 aromatic carbocycles. The first-order valence-corrected chi connectivity index (χ1v) is 7.25. The van der Waals surface area contributed by atoms with Crippen molar-refractivity contribution in [3.05, 3.63) is 64.4 Å². The number of anilines is 1. The molecule has 0 spiro atoms. The van der Waals surface area contributed by atoms with Crippen molar-refractivity contribution < 1.29 is 18.7 Å². The number of nitrogens with one attached hydrogen (secondary N) is 1. The Bertz CT molecular complexity index is 816. The van der Waals surface area contributed by atoms with Gasteiger partial charge in [0.25, 0.3) is 5.91 Å². The largest absolute Gasteiger partial charge is 0.449 e. The summed E-state index contributed by atoms with van der Waals surface area (Å²) >= 11 is 5.82. The van der Waals surface area contributed by atoms with Gasteiger partial charge in [-0.05, 0) is 49.4 Å². The Morgan fingerprint density at radius 3 is 2.50 bits per heavy atom. The van der Waals surface area contributed by atoms with Gasteiger partial charge in [-0.15, -0.1) is 0 Å². The molecule has 0 fully saturated rings. The van der Waals surface area contributed by atoms with E-state index in [-0.39, 0.29) is 16.3 Å². The highest BCUT2D eigenvalue weighted by Gasteiger charge is 2.20. The Morgan fingerprint density at radius 2 is 1.92 bits per heavy atom. The molecule has 2 aromatic rings. The monoisotopic (exact) mass is 346 g/mol. The zero-order valence-electron chi connectivity index (χ0n) is 12.5. The van der Waals surface area contributed by atoms with E-state index in [9.17, 15) is 14.0 Å². The summed E-state index contributed by atoms with van der Waals surface area (Å²) in [5.74, 6) is -1.84. The van der Waals surface area contributed by atoms with E-state index >= 15 is 0 Å². The van der Waals surface area contributed by atoms with Gasteiger partial charge in [0.1, 0.15) is 5.82 Å². The molecule has 0 radical (unpaired) electrons. The second-order valence-electron chi connectivity index (χ2n) is 4.85. The van der Waals surface area contributed by atoms with E-state index in [0.29, 0.717) is 5.56 Å². The summed E-state index contributed by atoms with van der Waals surface area (Å²) in [6.07, 6.45) is -1.09. The lowest BCUT2D eigenvalue weighted by Gasteiger charge is -2.14. The van der Waals surface area contributed by atoms with Crippen LogP contribution in [0.2, 0.25) is 5.02 Å². The van der Waals surface area contributed by atoms with Crippen molar-refractivity contribution in [1.29, 1.82) is 5.26 Å². The molecule has 24 heavy (non-hydrogen) atoms. The van der Waals surface area contributed by atoms with E-state index in [4.69, 9.17) is 21.6 Å². The molecule has 0 heterocycles. The third-order valence-corrected chi connectivity index (χ3v) is 3.40. The normalized spacial score (nSPS) is 11.2. The van der Waals surface area contributed by atoms with Gasteiger partial charge in [0.15, 0.2) is 6.10 Å². The molecule has 2 rings (SSSR count). The Balaban J connectivity index is 2.00. The zero-order chi connectivity index (χ0) is 17.7. The fourth-order valence-corrected chi connectivity index (χ4v) is 2.00. The summed E-state index contributed by atoms with van der Waals surface area (Å²) in [5.41, 5.74) is 0.834. The predicted molar refractivity (Wildman–Crippen MR) is 86.1 cm³/mol. The highest BCUT2D eigenvalue weighted by Crippen LogP contribution is 2.22. The minimum Gasteiger partial charge on any atom is -0.449 e. The summed E-state index contributed by atoms with van der Waals surface area (Å²) in [4.78, 5) is 24.0. The number of ether oxygens (including phenoxy) is 1. The van der Waals surface area contributed by atoms with E-state index in [1.807, 2.05) is 6.07 Å². The lowest BCUT2D eigenvalue weighted by atomic mass is 10.1. The molecular formula is C17H12ClFN2O3. The van der Waals surface area contributed by atoms with Gasteiger partial charge in [-0.25, -0.2) is 9.18 Å². The van der Waals surface area contributed by atoms with E-state index in [0.717, 1.165) is 12.1 Å². The molecule has 5 nitrogen and oxygen atoms in total. The average molecular weight is 347 g/mol. The fraction of sp³-hybridized carbons (Fsp3) is 0.118. The SMILES string of the molecule is C[C@H](OC(=O)c1ccc(C#N)cc1)C(=O)Nc1ccc(F)cc1Cl. The average Bonchev–Trinajstić information content (AvgIpc) is 2.57. The highest BCUT2D eigenvalue weighted by molar-refractivity contribution is 6.33. The molecule has 0 aromatic heterocycles. The van der Waals surface area contributed by atoms with Crippen LogP contribution in [0.1, 0.15) is 22.8 Å². The number of nitriles is 1. The number of hydrogen-bond donors (Lipinski definition) is 1. The van der Waals surface area contributed by atoms with Crippen LogP contribution in [-0.4, -0.2) is 18.0 Å². The maximum Gasteiger partial charge on any atom is 0.338 e. The standard InChI is InChI=1S/C17H12ClFN2O3/c1-10(16(22)21-15-7-6-13(19)8-14(15)18)24-17(23)12-4-2-11(9-20)3-5-12/h2-8,10H,1H3,(H,21,22)/t10-/m0/s1. The van der Waals surface area contributed by atoms with E-state index in [1.54, 1.807) is 0 Å². The van der Waals surface area contributed by atoms with Gasteiger partial charge in [-0.2, -0.15) is 5.26 Å². The van der Waals surface area contributed by atoms with Gasteiger partial charge in [0, 0.05) is 0 Å². The number of esters is 1. The number of amides is 1. The first kappa shape index (κ1) is 17.4. The molecule has 0 aliphatic rings. The van der Waals surface area contributed by atoms with Crippen LogP contribution in [0, 0.1) is 17.1 Å². The quantitative estimate of drug-likeness (QED) is 0.859. The van der Waals surface area contributed by atoms with Gasteiger partial charge < -0.3 is 10.1 Å². The lowest BCUT2D eigenvalue weighted by molar-refractivity contribution is -0.123. The highest BCUT2D eigenvalue weighted by atomic mass is 35.5. The van der Waals surface area contributed by atoms with Crippen LogP contribution in [0.4, 0.5) is 10.1 Å². The Labute approximate surface area is 142 Å². The number of benzene rings is 2. The first-order chi connectivity index (χ1) is 11.4. The molecule has 0 bridgehead atoms. The number of hydrogen-bond acceptors (Lipinski definition) is 4. The third-order valence-electron chi connectivity index (χ3n) is 3.09. The Morgan fingerprint density at radius 1 is 1.25 bits per heavy atom. The van der Waals surface area contributed by atoms with E-state index in [1.165, 1.54) is 37.3 Å². The molecule has 1 N–H and O–H groups in total. The number of carbonyl (C=O) groups is 2. The van der Waals surface area contributed by atoms with Gasteiger partial charge in [0.05, 0.1) is 27.9 Å². The van der Waals surface area contributed by atoms with Crippen molar-refractivity contribution in [2.45, 2.75) is 13.0 Å². The van der Waals surface area contributed by atoms with Crippen molar-refractivity contribution in [3.63, 3.8) is 0 Å². The van der Waals surface area contributed by atoms with Crippen molar-refractivity contribution in [2.24, 2.45) is 0 Å². The van der Waals surface area contributed by atoms with Crippen LogP contribution in [0.25, 0.3) is 0 Å². The summed E-state index contributed by atoms with van der Waals surface area (Å²) in [5, 5.41) is 11.2. The molecule has 1 atom stereocenters. The Kier molecular flexibility index (Phi) is 5.51. The molecule has 0 aliphatic heterocycles. The van der Waals surface area contributed by atoms with Crippen LogP contribution >= 0.6 is 11.6 Å². The summed E-state index contributed by atoms with van der Waals surface area (Å²) in [6, 6.07) is 11.3. The van der Waals surface area contributed by atoms with Gasteiger partial charge in [-0.1, -0.05) is 11.6 Å². The predicted octanol–water partition coefficient (Wildman–Crippen LogP) is 3.53. The second-order valence-corrected chi connectivity index (χ2v) is 5.26. The molecule has 0 saturated carbocycles. The molecule has 0 unspecified atom stereocenters. The minimum absolute atomic E-state index is 0.0361. The van der Waals surface area contributed by atoms with Crippen molar-refractivity contribution in [3.8, 4) is 6.07 Å². The van der Waals surface area contributed by atoms with Crippen LogP contribution in [-0.2, 0) is 9.53 Å². The van der Waals surface area contributed by atoms with Gasteiger partial charge in [0.2, 0.25) is 0 Å². The van der Waals surface area contributed by atoms with Crippen LogP contribution in [0.5, 0.6) is 0 Å². The number of nitrogens with zero attached hydrogens (tertiary/aromatic N) is 1. The topological polar surface area (TPSA) is 79.2 Å². The van der Waals surface area contributed by atoms with Crippen LogP contribution in [0.15, 0.2) is 42.5 Å². The maximum absolute atomic E-state index is 13.0. The zero-order valence-corrected chi connectivity index (χ0v) is 13.3. The lowest BCUT2D eigenvalue weighted by Crippen LogP contribution is -2.30. The van der Waals surface area contributed by atoms with E-state index in [2.05, 4.69) is 5.32 Å². The fourth-order valence-electron chi connectivity index (χ4n) is 1.79. The number of rotatable bonds is 4. The second kappa shape index (κ2) is 7.57. The van der Waals surface area contributed by atoms with Crippen LogP contribution in [0.3, 0.4) is 0 Å². The molecular weight excluding hydrogens is 335 g/mol.